The Kier molecular flexibility index (Phi) is 5.66. The number of rotatable bonds is 8. The minimum Gasteiger partial charge on any atom is -0.464 e. The molecule has 4 rings (SSSR count). The zero-order valence-corrected chi connectivity index (χ0v) is 16.6. The van der Waals surface area contributed by atoms with E-state index in [-0.39, 0.29) is 11.7 Å². The minimum absolute atomic E-state index is 0.0151. The van der Waals surface area contributed by atoms with Gasteiger partial charge in [-0.1, -0.05) is 36.8 Å². The van der Waals surface area contributed by atoms with Crippen LogP contribution in [0.2, 0.25) is 0 Å². The standard InChI is InChI=1S/C23H23N5O2/c24-13-18-19(27-28-23(18)25)8-2-1-5-11-26-21(29)12-16-14-30-20-10-9-15-6-3-4-7-17(15)22(16)20/h3-4,6-7,9-10,14H,1-2,5,8,11-12H2,(H,26,29)(H3,25,27,28). The van der Waals surface area contributed by atoms with E-state index in [1.807, 2.05) is 24.3 Å². The van der Waals surface area contributed by atoms with Crippen LogP contribution in [0, 0.1) is 11.3 Å². The molecule has 0 spiro atoms. The number of benzene rings is 2. The number of carbonyl (C=O) groups excluding carboxylic acids is 1. The van der Waals surface area contributed by atoms with Crippen molar-refractivity contribution in [1.82, 2.24) is 15.5 Å². The molecule has 0 unspecified atom stereocenters. The predicted octanol–water partition coefficient (Wildman–Crippen LogP) is 3.83. The van der Waals surface area contributed by atoms with E-state index < -0.39 is 0 Å². The van der Waals surface area contributed by atoms with E-state index in [0.29, 0.717) is 18.5 Å². The number of nitrogen functional groups attached to an aromatic ring is 1. The fraction of sp³-hybridized carbons (Fsp3) is 0.261. The fourth-order valence-corrected chi connectivity index (χ4v) is 3.77. The molecule has 0 saturated carbocycles. The number of fused-ring (bicyclic) bond motifs is 3. The normalized spacial score (nSPS) is 11.0. The Labute approximate surface area is 173 Å². The van der Waals surface area contributed by atoms with Gasteiger partial charge in [0, 0.05) is 17.5 Å². The van der Waals surface area contributed by atoms with Crippen molar-refractivity contribution in [3.63, 3.8) is 0 Å². The summed E-state index contributed by atoms with van der Waals surface area (Å²) in [6, 6.07) is 14.2. The molecule has 2 aromatic carbocycles. The Morgan fingerprint density at radius 1 is 1.20 bits per heavy atom. The van der Waals surface area contributed by atoms with Gasteiger partial charge in [0.15, 0.2) is 5.82 Å². The van der Waals surface area contributed by atoms with Gasteiger partial charge in [-0.3, -0.25) is 9.89 Å². The van der Waals surface area contributed by atoms with Crippen LogP contribution in [-0.2, 0) is 17.6 Å². The molecule has 0 saturated heterocycles. The monoisotopic (exact) mass is 401 g/mol. The van der Waals surface area contributed by atoms with Crippen molar-refractivity contribution >= 4 is 33.5 Å². The van der Waals surface area contributed by atoms with Crippen molar-refractivity contribution in [3.8, 4) is 6.07 Å². The molecular weight excluding hydrogens is 378 g/mol. The number of unbranched alkanes of at least 4 members (excludes halogenated alkanes) is 2. The minimum atomic E-state index is -0.0151. The third kappa shape index (κ3) is 3.98. The molecule has 0 atom stereocenters. The highest BCUT2D eigenvalue weighted by atomic mass is 16.3. The van der Waals surface area contributed by atoms with Gasteiger partial charge in [-0.25, -0.2) is 0 Å². The molecule has 4 aromatic rings. The highest BCUT2D eigenvalue weighted by molar-refractivity contribution is 6.08. The molecule has 0 bridgehead atoms. The van der Waals surface area contributed by atoms with Crippen molar-refractivity contribution in [2.75, 3.05) is 12.3 Å². The van der Waals surface area contributed by atoms with Crippen LogP contribution in [0.15, 0.2) is 47.1 Å². The number of anilines is 1. The number of hydrogen-bond acceptors (Lipinski definition) is 5. The van der Waals surface area contributed by atoms with Crippen molar-refractivity contribution < 1.29 is 9.21 Å². The summed E-state index contributed by atoms with van der Waals surface area (Å²) in [4.78, 5) is 12.4. The molecule has 30 heavy (non-hydrogen) atoms. The summed E-state index contributed by atoms with van der Waals surface area (Å²) in [5.41, 5.74) is 8.55. The molecule has 0 aliphatic rings. The third-order valence-corrected chi connectivity index (χ3v) is 5.30. The maximum absolute atomic E-state index is 12.4. The highest BCUT2D eigenvalue weighted by Crippen LogP contribution is 2.30. The van der Waals surface area contributed by atoms with Crippen molar-refractivity contribution in [1.29, 1.82) is 5.26 Å². The van der Waals surface area contributed by atoms with Gasteiger partial charge < -0.3 is 15.5 Å². The average Bonchev–Trinajstić information content (AvgIpc) is 3.33. The number of amides is 1. The second-order valence-electron chi connectivity index (χ2n) is 7.33. The van der Waals surface area contributed by atoms with E-state index in [2.05, 4.69) is 33.7 Å². The summed E-state index contributed by atoms with van der Waals surface area (Å²) in [5.74, 6) is 0.234. The molecule has 7 heteroatoms. The number of carbonyl (C=O) groups is 1. The highest BCUT2D eigenvalue weighted by Gasteiger charge is 2.13. The first-order valence-electron chi connectivity index (χ1n) is 10.0. The molecular formula is C23H23N5O2. The van der Waals surface area contributed by atoms with E-state index in [9.17, 15) is 4.79 Å². The molecule has 1 amide bonds. The van der Waals surface area contributed by atoms with Gasteiger partial charge in [-0.05, 0) is 36.1 Å². The van der Waals surface area contributed by atoms with Crippen LogP contribution in [0.3, 0.4) is 0 Å². The average molecular weight is 401 g/mol. The van der Waals surface area contributed by atoms with E-state index >= 15 is 0 Å². The zero-order chi connectivity index (χ0) is 20.9. The van der Waals surface area contributed by atoms with Crippen LogP contribution in [0.4, 0.5) is 5.82 Å². The molecule has 0 fully saturated rings. The summed E-state index contributed by atoms with van der Waals surface area (Å²) >= 11 is 0. The van der Waals surface area contributed by atoms with E-state index in [0.717, 1.165) is 58.7 Å². The van der Waals surface area contributed by atoms with Gasteiger partial charge >= 0.3 is 0 Å². The van der Waals surface area contributed by atoms with Gasteiger partial charge in [0.2, 0.25) is 5.91 Å². The van der Waals surface area contributed by atoms with Crippen LogP contribution < -0.4 is 11.1 Å². The van der Waals surface area contributed by atoms with Crippen LogP contribution in [0.5, 0.6) is 0 Å². The summed E-state index contributed by atoms with van der Waals surface area (Å²) in [6.07, 6.45) is 5.38. The number of nitrogens with two attached hydrogens (primary N) is 1. The van der Waals surface area contributed by atoms with Crippen molar-refractivity contribution in [2.45, 2.75) is 32.1 Å². The second-order valence-corrected chi connectivity index (χ2v) is 7.33. The number of H-pyrrole nitrogens is 1. The summed E-state index contributed by atoms with van der Waals surface area (Å²) in [5, 5.41) is 22.0. The lowest BCUT2D eigenvalue weighted by Crippen LogP contribution is -2.26. The number of furan rings is 1. The SMILES string of the molecule is N#Cc1c(N)n[nH]c1CCCCCNC(=O)Cc1coc2ccc3ccccc3c12. The Bertz CT molecular complexity index is 1230. The van der Waals surface area contributed by atoms with E-state index in [4.69, 9.17) is 15.4 Å². The van der Waals surface area contributed by atoms with Gasteiger partial charge in [0.1, 0.15) is 17.2 Å². The summed E-state index contributed by atoms with van der Waals surface area (Å²) in [7, 11) is 0. The van der Waals surface area contributed by atoms with Gasteiger partial charge in [0.25, 0.3) is 0 Å². The molecule has 7 nitrogen and oxygen atoms in total. The summed E-state index contributed by atoms with van der Waals surface area (Å²) in [6.45, 7) is 0.617. The smallest absolute Gasteiger partial charge is 0.224 e. The largest absolute Gasteiger partial charge is 0.464 e. The lowest BCUT2D eigenvalue weighted by Gasteiger charge is -2.05. The molecule has 0 aliphatic heterocycles. The van der Waals surface area contributed by atoms with Crippen LogP contribution in [0.1, 0.15) is 36.1 Å². The molecule has 2 heterocycles. The number of hydrogen-bond donors (Lipinski definition) is 3. The van der Waals surface area contributed by atoms with Crippen molar-refractivity contribution in [2.24, 2.45) is 0 Å². The van der Waals surface area contributed by atoms with Crippen LogP contribution >= 0.6 is 0 Å². The van der Waals surface area contributed by atoms with Gasteiger partial charge in [-0.2, -0.15) is 10.4 Å². The number of nitrogens with one attached hydrogen (secondary N) is 2. The Balaban J connectivity index is 1.27. The first kappa shape index (κ1) is 19.5. The maximum atomic E-state index is 12.4. The number of nitriles is 1. The van der Waals surface area contributed by atoms with Crippen LogP contribution in [-0.4, -0.2) is 22.6 Å². The van der Waals surface area contributed by atoms with Gasteiger partial charge in [-0.15, -0.1) is 0 Å². The quantitative estimate of drug-likeness (QED) is 0.387. The zero-order valence-electron chi connectivity index (χ0n) is 16.6. The first-order chi connectivity index (χ1) is 14.7. The Morgan fingerprint density at radius 3 is 2.93 bits per heavy atom. The van der Waals surface area contributed by atoms with E-state index in [1.165, 1.54) is 0 Å². The van der Waals surface area contributed by atoms with E-state index in [1.54, 1.807) is 6.26 Å². The first-order valence-corrected chi connectivity index (χ1v) is 10.0. The second kappa shape index (κ2) is 8.70. The topological polar surface area (TPSA) is 121 Å². The Morgan fingerprint density at radius 2 is 2.07 bits per heavy atom. The number of aryl methyl sites for hydroxylation is 1. The maximum Gasteiger partial charge on any atom is 0.224 e. The molecule has 152 valence electrons. The number of nitrogens with zero attached hydrogens (tertiary/aromatic N) is 2. The number of aromatic nitrogens is 2. The fourth-order valence-electron chi connectivity index (χ4n) is 3.77. The van der Waals surface area contributed by atoms with Crippen LogP contribution in [0.25, 0.3) is 21.7 Å². The molecule has 2 aromatic heterocycles. The summed E-state index contributed by atoms with van der Waals surface area (Å²) < 4.78 is 5.66. The third-order valence-electron chi connectivity index (χ3n) is 5.30. The predicted molar refractivity (Wildman–Crippen MR) is 116 cm³/mol. The molecule has 4 N–H and O–H groups in total. The number of aromatic amines is 1. The lowest BCUT2D eigenvalue weighted by molar-refractivity contribution is -0.120. The molecule has 0 radical (unpaired) electrons. The van der Waals surface area contributed by atoms with Gasteiger partial charge in [0.05, 0.1) is 18.4 Å². The molecule has 0 aliphatic carbocycles. The lowest BCUT2D eigenvalue weighted by atomic mass is 10.0. The Hall–Kier alpha value is -3.79. The van der Waals surface area contributed by atoms with Crippen molar-refractivity contribution in [3.05, 3.63) is 59.5 Å².